The highest BCUT2D eigenvalue weighted by atomic mass is 15.3. The van der Waals surface area contributed by atoms with Crippen molar-refractivity contribution in [2.24, 2.45) is 0 Å². The Morgan fingerprint density at radius 2 is 1.67 bits per heavy atom. The minimum atomic E-state index is 0.720. The zero-order valence-electron chi connectivity index (χ0n) is 13.8. The Bertz CT molecular complexity index is 832. The lowest BCUT2D eigenvalue weighted by Crippen LogP contribution is -2.31. The number of para-hydroxylation sites is 1. The molecule has 2 aromatic carbocycles. The van der Waals surface area contributed by atoms with Gasteiger partial charge in [0.1, 0.15) is 5.82 Å². The molecule has 1 aromatic heterocycles. The van der Waals surface area contributed by atoms with Crippen LogP contribution >= 0.6 is 0 Å². The summed E-state index contributed by atoms with van der Waals surface area (Å²) < 4.78 is 0. The summed E-state index contributed by atoms with van der Waals surface area (Å²) in [7, 11) is 2.00. The van der Waals surface area contributed by atoms with Gasteiger partial charge in [0.2, 0.25) is 5.95 Å². The minimum absolute atomic E-state index is 0.720. The zero-order valence-corrected chi connectivity index (χ0v) is 13.8. The van der Waals surface area contributed by atoms with E-state index in [2.05, 4.69) is 46.3 Å². The number of aromatic nitrogens is 2. The smallest absolute Gasteiger partial charge is 0.231 e. The Hall–Kier alpha value is -2.88. The maximum atomic E-state index is 4.79. The molecule has 0 saturated heterocycles. The second kappa shape index (κ2) is 6.32. The summed E-state index contributed by atoms with van der Waals surface area (Å²) in [5.41, 5.74) is 3.92. The van der Waals surface area contributed by atoms with Crippen molar-refractivity contribution in [2.75, 3.05) is 23.4 Å². The van der Waals surface area contributed by atoms with Crippen LogP contribution in [0, 0.1) is 0 Å². The Kier molecular flexibility index (Phi) is 3.87. The van der Waals surface area contributed by atoms with E-state index in [-0.39, 0.29) is 0 Å². The van der Waals surface area contributed by atoms with Crippen LogP contribution in [0.25, 0.3) is 0 Å². The molecule has 1 aliphatic rings. The van der Waals surface area contributed by atoms with Gasteiger partial charge in [-0.1, -0.05) is 42.5 Å². The monoisotopic (exact) mass is 316 g/mol. The van der Waals surface area contributed by atoms with Crippen LogP contribution in [0.4, 0.5) is 17.5 Å². The van der Waals surface area contributed by atoms with E-state index in [1.54, 1.807) is 0 Å². The van der Waals surface area contributed by atoms with Crippen LogP contribution in [-0.4, -0.2) is 23.6 Å². The average Bonchev–Trinajstić information content (AvgIpc) is 2.68. The number of anilines is 3. The van der Waals surface area contributed by atoms with E-state index < -0.39 is 0 Å². The number of hydrogen-bond donors (Lipinski definition) is 0. The quantitative estimate of drug-likeness (QED) is 0.735. The van der Waals surface area contributed by atoms with E-state index in [0.29, 0.717) is 0 Å². The average molecular weight is 316 g/mol. The number of benzene rings is 2. The fourth-order valence-corrected chi connectivity index (χ4v) is 3.14. The van der Waals surface area contributed by atoms with Crippen molar-refractivity contribution < 1.29 is 0 Å². The molecular weight excluding hydrogens is 296 g/mol. The van der Waals surface area contributed by atoms with Crippen molar-refractivity contribution in [1.82, 2.24) is 9.97 Å². The van der Waals surface area contributed by atoms with Crippen LogP contribution in [-0.2, 0) is 13.0 Å². The fraction of sp³-hybridized carbons (Fsp3) is 0.200. The molecule has 0 aliphatic carbocycles. The summed E-state index contributed by atoms with van der Waals surface area (Å²) >= 11 is 0. The van der Waals surface area contributed by atoms with Gasteiger partial charge in [-0.05, 0) is 35.7 Å². The van der Waals surface area contributed by atoms with Gasteiger partial charge in [-0.3, -0.25) is 0 Å². The molecule has 3 aromatic rings. The van der Waals surface area contributed by atoms with Crippen molar-refractivity contribution in [2.45, 2.75) is 13.0 Å². The van der Waals surface area contributed by atoms with Crippen molar-refractivity contribution in [3.05, 3.63) is 78.0 Å². The van der Waals surface area contributed by atoms with Gasteiger partial charge in [0, 0.05) is 32.0 Å². The minimum Gasteiger partial charge on any atom is -0.352 e. The molecular formula is C20H20N4. The first-order valence-electron chi connectivity index (χ1n) is 8.25. The second-order valence-electron chi connectivity index (χ2n) is 6.05. The predicted octanol–water partition coefficient (Wildman–Crippen LogP) is 3.81. The molecule has 0 radical (unpaired) electrons. The highest BCUT2D eigenvalue weighted by Crippen LogP contribution is 2.25. The summed E-state index contributed by atoms with van der Waals surface area (Å²) in [5, 5.41) is 0. The Morgan fingerprint density at radius 1 is 0.917 bits per heavy atom. The first kappa shape index (κ1) is 14.7. The summed E-state index contributed by atoms with van der Waals surface area (Å²) in [6.45, 7) is 1.89. The number of rotatable bonds is 3. The topological polar surface area (TPSA) is 32.3 Å². The van der Waals surface area contributed by atoms with E-state index in [4.69, 9.17) is 4.98 Å². The summed E-state index contributed by atoms with van der Waals surface area (Å²) in [6.07, 6.45) is 2.90. The fourth-order valence-electron chi connectivity index (χ4n) is 3.14. The third-order valence-electron chi connectivity index (χ3n) is 4.53. The van der Waals surface area contributed by atoms with Gasteiger partial charge in [0.25, 0.3) is 0 Å². The van der Waals surface area contributed by atoms with Crippen LogP contribution in [0.2, 0.25) is 0 Å². The first-order chi connectivity index (χ1) is 11.8. The Labute approximate surface area is 142 Å². The molecule has 4 nitrogen and oxygen atoms in total. The van der Waals surface area contributed by atoms with Crippen LogP contribution in [0.5, 0.6) is 0 Å². The molecule has 0 unspecified atom stereocenters. The van der Waals surface area contributed by atoms with Gasteiger partial charge in [-0.15, -0.1) is 0 Å². The van der Waals surface area contributed by atoms with E-state index in [0.717, 1.165) is 37.0 Å². The molecule has 4 rings (SSSR count). The Balaban J connectivity index is 1.60. The first-order valence-corrected chi connectivity index (χ1v) is 8.25. The largest absolute Gasteiger partial charge is 0.352 e. The summed E-state index contributed by atoms with van der Waals surface area (Å²) in [4.78, 5) is 13.6. The van der Waals surface area contributed by atoms with Gasteiger partial charge in [0.15, 0.2) is 0 Å². The molecule has 0 N–H and O–H groups in total. The molecule has 0 spiro atoms. The number of hydrogen-bond acceptors (Lipinski definition) is 4. The van der Waals surface area contributed by atoms with Gasteiger partial charge in [0.05, 0.1) is 0 Å². The molecule has 0 saturated carbocycles. The van der Waals surface area contributed by atoms with Crippen LogP contribution < -0.4 is 9.80 Å². The van der Waals surface area contributed by atoms with Crippen molar-refractivity contribution in [3.8, 4) is 0 Å². The molecule has 2 heterocycles. The van der Waals surface area contributed by atoms with E-state index in [1.165, 1.54) is 11.1 Å². The zero-order chi connectivity index (χ0) is 16.4. The second-order valence-corrected chi connectivity index (χ2v) is 6.05. The maximum absolute atomic E-state index is 4.79. The summed E-state index contributed by atoms with van der Waals surface area (Å²) in [6, 6.07) is 20.8. The third kappa shape index (κ3) is 2.83. The lowest BCUT2D eigenvalue weighted by molar-refractivity contribution is 0.719. The predicted molar refractivity (Wildman–Crippen MR) is 97.7 cm³/mol. The molecule has 4 heteroatoms. The molecule has 0 atom stereocenters. The van der Waals surface area contributed by atoms with Crippen molar-refractivity contribution in [1.29, 1.82) is 0 Å². The lowest BCUT2D eigenvalue weighted by Gasteiger charge is -2.30. The van der Waals surface area contributed by atoms with Gasteiger partial charge >= 0.3 is 0 Å². The van der Waals surface area contributed by atoms with Gasteiger partial charge < -0.3 is 9.80 Å². The van der Waals surface area contributed by atoms with E-state index in [9.17, 15) is 0 Å². The highest BCUT2D eigenvalue weighted by Gasteiger charge is 2.18. The van der Waals surface area contributed by atoms with E-state index in [1.807, 2.05) is 42.4 Å². The van der Waals surface area contributed by atoms with Crippen LogP contribution in [0.3, 0.4) is 0 Å². The Morgan fingerprint density at radius 3 is 2.50 bits per heavy atom. The van der Waals surface area contributed by atoms with Crippen LogP contribution in [0.1, 0.15) is 11.1 Å². The standard InChI is InChI=1S/C20H20N4/c1-23(18-9-3-2-4-10-18)20-21-13-11-19(22-20)24-14-12-16-7-5-6-8-17(16)15-24/h2-11,13H,12,14-15H2,1H3. The van der Waals surface area contributed by atoms with Crippen molar-refractivity contribution in [3.63, 3.8) is 0 Å². The number of nitrogens with zero attached hydrogens (tertiary/aromatic N) is 4. The summed E-state index contributed by atoms with van der Waals surface area (Å²) in [5.74, 6) is 1.70. The van der Waals surface area contributed by atoms with Gasteiger partial charge in [-0.25, -0.2) is 4.98 Å². The normalized spacial score (nSPS) is 13.5. The molecule has 0 bridgehead atoms. The molecule has 24 heavy (non-hydrogen) atoms. The third-order valence-corrected chi connectivity index (χ3v) is 4.53. The van der Waals surface area contributed by atoms with Crippen LogP contribution in [0.15, 0.2) is 66.9 Å². The molecule has 120 valence electrons. The molecule has 0 fully saturated rings. The van der Waals surface area contributed by atoms with E-state index >= 15 is 0 Å². The van der Waals surface area contributed by atoms with Gasteiger partial charge in [-0.2, -0.15) is 4.98 Å². The SMILES string of the molecule is CN(c1ccccc1)c1nccc(N2CCc3ccccc3C2)n1. The highest BCUT2D eigenvalue weighted by molar-refractivity contribution is 5.57. The molecule has 0 amide bonds. The maximum Gasteiger partial charge on any atom is 0.231 e. The molecule has 1 aliphatic heterocycles. The van der Waals surface area contributed by atoms with Crippen molar-refractivity contribution >= 4 is 17.5 Å². The number of fused-ring (bicyclic) bond motifs is 1. The lowest BCUT2D eigenvalue weighted by atomic mass is 10.00.